The first kappa shape index (κ1) is 13.5. The van der Waals surface area contributed by atoms with Crippen molar-refractivity contribution in [2.75, 3.05) is 7.11 Å². The molecule has 2 N–H and O–H groups in total. The largest absolute Gasteiger partial charge is 0.497 e. The van der Waals surface area contributed by atoms with Crippen molar-refractivity contribution in [2.24, 2.45) is 5.73 Å². The van der Waals surface area contributed by atoms with Crippen LogP contribution < -0.4 is 10.5 Å². The molecule has 19 heavy (non-hydrogen) atoms. The van der Waals surface area contributed by atoms with Gasteiger partial charge in [-0.15, -0.1) is 0 Å². The van der Waals surface area contributed by atoms with E-state index in [0.717, 1.165) is 22.6 Å². The molecule has 0 unspecified atom stereocenters. The lowest BCUT2D eigenvalue weighted by Gasteiger charge is -2.08. The Morgan fingerprint density at radius 3 is 2.84 bits per heavy atom. The Kier molecular flexibility index (Phi) is 4.89. The molecule has 100 valence electrons. The Hall–Kier alpha value is -1.91. The van der Waals surface area contributed by atoms with Crippen LogP contribution >= 0.6 is 0 Å². The third kappa shape index (κ3) is 3.77. The van der Waals surface area contributed by atoms with E-state index in [9.17, 15) is 0 Å². The van der Waals surface area contributed by atoms with E-state index >= 15 is 0 Å². The van der Waals surface area contributed by atoms with Gasteiger partial charge >= 0.3 is 0 Å². The minimum absolute atomic E-state index is 0.429. The summed E-state index contributed by atoms with van der Waals surface area (Å²) in [7, 11) is 1.66. The zero-order valence-corrected chi connectivity index (χ0v) is 11.0. The monoisotopic (exact) mass is 258 g/mol. The molecule has 4 heteroatoms. The molecule has 0 saturated carbocycles. The van der Waals surface area contributed by atoms with E-state index in [4.69, 9.17) is 15.2 Å². The highest BCUT2D eigenvalue weighted by atomic mass is 16.5. The first-order valence-corrected chi connectivity index (χ1v) is 6.17. The van der Waals surface area contributed by atoms with Crippen LogP contribution in [0.4, 0.5) is 0 Å². The van der Waals surface area contributed by atoms with Crippen molar-refractivity contribution in [1.29, 1.82) is 0 Å². The van der Waals surface area contributed by atoms with E-state index in [-0.39, 0.29) is 0 Å². The Labute approximate surface area is 113 Å². The Morgan fingerprint density at radius 1 is 1.16 bits per heavy atom. The fourth-order valence-corrected chi connectivity index (χ4v) is 1.83. The van der Waals surface area contributed by atoms with E-state index in [1.165, 1.54) is 0 Å². The molecule has 0 fully saturated rings. The summed E-state index contributed by atoms with van der Waals surface area (Å²) >= 11 is 0. The van der Waals surface area contributed by atoms with Gasteiger partial charge in [0, 0.05) is 18.3 Å². The molecule has 0 radical (unpaired) electrons. The molecule has 4 nitrogen and oxygen atoms in total. The van der Waals surface area contributed by atoms with Gasteiger partial charge in [0.1, 0.15) is 5.75 Å². The molecule has 1 aromatic heterocycles. The van der Waals surface area contributed by atoms with Crippen molar-refractivity contribution in [2.45, 2.75) is 19.8 Å². The molecular weight excluding hydrogens is 240 g/mol. The van der Waals surface area contributed by atoms with Crippen LogP contribution in [-0.2, 0) is 24.5 Å². The first-order valence-electron chi connectivity index (χ1n) is 6.17. The maximum atomic E-state index is 5.70. The molecule has 2 aromatic rings. The molecule has 0 spiro atoms. The molecule has 0 aliphatic rings. The first-order chi connectivity index (χ1) is 9.33. The van der Waals surface area contributed by atoms with Crippen LogP contribution in [0.15, 0.2) is 42.6 Å². The molecule has 0 amide bonds. The average molecular weight is 258 g/mol. The molecule has 0 saturated heterocycles. The van der Waals surface area contributed by atoms with Crippen molar-refractivity contribution in [1.82, 2.24) is 4.98 Å². The zero-order valence-electron chi connectivity index (χ0n) is 11.0. The molecule has 0 aliphatic heterocycles. The SMILES string of the molecule is COc1cccc(COCc2cccnc2CN)c1. The number of hydrogen-bond acceptors (Lipinski definition) is 4. The van der Waals surface area contributed by atoms with Crippen molar-refractivity contribution in [3.63, 3.8) is 0 Å². The molecule has 1 aromatic carbocycles. The Morgan fingerprint density at radius 2 is 2.05 bits per heavy atom. The van der Waals surface area contributed by atoms with Gasteiger partial charge in [-0.1, -0.05) is 18.2 Å². The lowest BCUT2D eigenvalue weighted by Crippen LogP contribution is -2.05. The Balaban J connectivity index is 1.92. The van der Waals surface area contributed by atoms with Crippen LogP contribution in [0.1, 0.15) is 16.8 Å². The fourth-order valence-electron chi connectivity index (χ4n) is 1.83. The topological polar surface area (TPSA) is 57.4 Å². The maximum absolute atomic E-state index is 5.70. The molecular formula is C15H18N2O2. The van der Waals surface area contributed by atoms with Gasteiger partial charge in [0.2, 0.25) is 0 Å². The summed E-state index contributed by atoms with van der Waals surface area (Å²) in [5.74, 6) is 0.838. The second kappa shape index (κ2) is 6.87. The number of benzene rings is 1. The number of pyridine rings is 1. The van der Waals surface area contributed by atoms with E-state index in [2.05, 4.69) is 4.98 Å². The Bertz CT molecular complexity index is 529. The number of ether oxygens (including phenoxy) is 2. The fraction of sp³-hybridized carbons (Fsp3) is 0.267. The van der Waals surface area contributed by atoms with E-state index in [0.29, 0.717) is 19.8 Å². The third-order valence-electron chi connectivity index (χ3n) is 2.84. The van der Waals surface area contributed by atoms with Gasteiger partial charge in [-0.05, 0) is 23.8 Å². The van der Waals surface area contributed by atoms with Crippen LogP contribution in [0, 0.1) is 0 Å². The minimum Gasteiger partial charge on any atom is -0.497 e. The van der Waals surface area contributed by atoms with Crippen LogP contribution in [0.5, 0.6) is 5.75 Å². The number of nitrogens with two attached hydrogens (primary N) is 1. The van der Waals surface area contributed by atoms with Crippen LogP contribution in [-0.4, -0.2) is 12.1 Å². The highest BCUT2D eigenvalue weighted by Gasteiger charge is 2.02. The van der Waals surface area contributed by atoms with E-state index in [1.807, 2.05) is 36.4 Å². The second-order valence-electron chi connectivity index (χ2n) is 4.16. The highest BCUT2D eigenvalue weighted by molar-refractivity contribution is 5.28. The number of hydrogen-bond donors (Lipinski definition) is 1. The molecule has 1 heterocycles. The molecule has 0 aliphatic carbocycles. The van der Waals surface area contributed by atoms with E-state index < -0.39 is 0 Å². The zero-order chi connectivity index (χ0) is 13.5. The lowest BCUT2D eigenvalue weighted by atomic mass is 10.2. The van der Waals surface area contributed by atoms with Gasteiger partial charge in [0.25, 0.3) is 0 Å². The number of methoxy groups -OCH3 is 1. The van der Waals surface area contributed by atoms with Crippen LogP contribution in [0.3, 0.4) is 0 Å². The number of aromatic nitrogens is 1. The van der Waals surface area contributed by atoms with Crippen molar-refractivity contribution in [3.8, 4) is 5.75 Å². The van der Waals surface area contributed by atoms with Gasteiger partial charge in [-0.25, -0.2) is 0 Å². The summed E-state index contributed by atoms with van der Waals surface area (Å²) in [5, 5.41) is 0. The van der Waals surface area contributed by atoms with Crippen molar-refractivity contribution >= 4 is 0 Å². The summed E-state index contributed by atoms with van der Waals surface area (Å²) in [6.45, 7) is 1.48. The second-order valence-corrected chi connectivity index (χ2v) is 4.16. The van der Waals surface area contributed by atoms with Gasteiger partial charge in [-0.3, -0.25) is 4.98 Å². The van der Waals surface area contributed by atoms with Crippen molar-refractivity contribution in [3.05, 3.63) is 59.4 Å². The van der Waals surface area contributed by atoms with Crippen LogP contribution in [0.2, 0.25) is 0 Å². The minimum atomic E-state index is 0.429. The predicted octanol–water partition coefficient (Wildman–Crippen LogP) is 2.27. The van der Waals surface area contributed by atoms with Crippen molar-refractivity contribution < 1.29 is 9.47 Å². The highest BCUT2D eigenvalue weighted by Crippen LogP contribution is 2.14. The van der Waals surface area contributed by atoms with Gasteiger partial charge < -0.3 is 15.2 Å². The average Bonchev–Trinajstić information content (AvgIpc) is 2.48. The molecule has 0 bridgehead atoms. The molecule has 2 rings (SSSR count). The quantitative estimate of drug-likeness (QED) is 0.863. The number of rotatable bonds is 6. The normalized spacial score (nSPS) is 10.4. The number of nitrogens with zero attached hydrogens (tertiary/aromatic N) is 1. The summed E-state index contributed by atoms with van der Waals surface area (Å²) < 4.78 is 10.9. The summed E-state index contributed by atoms with van der Waals surface area (Å²) in [4.78, 5) is 4.23. The van der Waals surface area contributed by atoms with Gasteiger partial charge in [0.15, 0.2) is 0 Å². The summed E-state index contributed by atoms with van der Waals surface area (Å²) in [5.41, 5.74) is 8.64. The molecule has 0 atom stereocenters. The van der Waals surface area contributed by atoms with Crippen LogP contribution in [0.25, 0.3) is 0 Å². The lowest BCUT2D eigenvalue weighted by molar-refractivity contribution is 0.106. The van der Waals surface area contributed by atoms with E-state index in [1.54, 1.807) is 13.3 Å². The summed E-state index contributed by atoms with van der Waals surface area (Å²) in [6, 6.07) is 11.7. The smallest absolute Gasteiger partial charge is 0.119 e. The van der Waals surface area contributed by atoms with Gasteiger partial charge in [0.05, 0.1) is 26.0 Å². The maximum Gasteiger partial charge on any atom is 0.119 e. The third-order valence-corrected chi connectivity index (χ3v) is 2.84. The standard InChI is InChI=1S/C15H18N2O2/c1-18-14-6-2-4-12(8-14)10-19-11-13-5-3-7-17-15(13)9-16/h2-8H,9-11,16H2,1H3. The summed E-state index contributed by atoms with van der Waals surface area (Å²) in [6.07, 6.45) is 1.74. The predicted molar refractivity (Wildman–Crippen MR) is 73.6 cm³/mol. The van der Waals surface area contributed by atoms with Gasteiger partial charge in [-0.2, -0.15) is 0 Å².